The van der Waals surface area contributed by atoms with E-state index in [0.717, 1.165) is 6.07 Å². The predicted molar refractivity (Wildman–Crippen MR) is 63.3 cm³/mol. The second kappa shape index (κ2) is 5.94. The van der Waals surface area contributed by atoms with Crippen molar-refractivity contribution in [2.45, 2.75) is 13.8 Å². The predicted octanol–water partition coefficient (Wildman–Crippen LogP) is 1.16. The third-order valence-corrected chi connectivity index (χ3v) is 2.22. The van der Waals surface area contributed by atoms with E-state index in [1.165, 1.54) is 0 Å². The van der Waals surface area contributed by atoms with Gasteiger partial charge in [0.2, 0.25) is 0 Å². The van der Waals surface area contributed by atoms with E-state index in [1.807, 2.05) is 0 Å². The topological polar surface area (TPSA) is 113 Å². The highest BCUT2D eigenvalue weighted by molar-refractivity contribution is 6.03. The maximum absolute atomic E-state index is 11.6. The quantitative estimate of drug-likeness (QED) is 0.703. The van der Waals surface area contributed by atoms with Crippen molar-refractivity contribution in [2.24, 2.45) is 0 Å². The number of aromatic hydroxyl groups is 3. The molecule has 0 unspecified atom stereocenters. The van der Waals surface area contributed by atoms with Crippen molar-refractivity contribution in [3.8, 4) is 17.2 Å². The van der Waals surface area contributed by atoms with Crippen molar-refractivity contribution in [1.29, 1.82) is 0 Å². The van der Waals surface area contributed by atoms with Gasteiger partial charge in [-0.2, -0.15) is 0 Å². The SMILES string of the molecule is CCOC(=O)c1c(O)cc(O)c(C(=O)OCC)c1O. The van der Waals surface area contributed by atoms with Crippen LogP contribution in [0.15, 0.2) is 6.07 Å². The fourth-order valence-corrected chi connectivity index (χ4v) is 1.45. The van der Waals surface area contributed by atoms with Crippen molar-refractivity contribution in [1.82, 2.24) is 0 Å². The van der Waals surface area contributed by atoms with Crippen LogP contribution in [0.1, 0.15) is 34.6 Å². The summed E-state index contributed by atoms with van der Waals surface area (Å²) in [6, 6.07) is 0.762. The van der Waals surface area contributed by atoms with Gasteiger partial charge in [0.25, 0.3) is 0 Å². The number of carbonyl (C=O) groups is 2. The molecule has 0 fully saturated rings. The Kier molecular flexibility index (Phi) is 4.57. The number of benzene rings is 1. The molecular weight excluding hydrogens is 256 g/mol. The fraction of sp³-hybridized carbons (Fsp3) is 0.333. The Balaban J connectivity index is 3.38. The summed E-state index contributed by atoms with van der Waals surface area (Å²) < 4.78 is 9.26. The van der Waals surface area contributed by atoms with Crippen LogP contribution in [0.5, 0.6) is 17.2 Å². The molecule has 0 spiro atoms. The van der Waals surface area contributed by atoms with Crippen molar-refractivity contribution in [3.63, 3.8) is 0 Å². The Morgan fingerprint density at radius 3 is 1.63 bits per heavy atom. The van der Waals surface area contributed by atoms with Gasteiger partial charge in [0, 0.05) is 6.07 Å². The average Bonchev–Trinajstić information content (AvgIpc) is 2.28. The molecule has 7 nitrogen and oxygen atoms in total. The molecule has 0 aliphatic rings. The van der Waals surface area contributed by atoms with Crippen LogP contribution in [0.3, 0.4) is 0 Å². The van der Waals surface area contributed by atoms with Gasteiger partial charge in [-0.25, -0.2) is 9.59 Å². The lowest BCUT2D eigenvalue weighted by molar-refractivity contribution is 0.0514. The number of hydrogen-bond donors (Lipinski definition) is 3. The summed E-state index contributed by atoms with van der Waals surface area (Å²) in [7, 11) is 0. The molecule has 0 aliphatic carbocycles. The molecule has 0 atom stereocenters. The van der Waals surface area contributed by atoms with Crippen LogP contribution in [-0.4, -0.2) is 40.5 Å². The van der Waals surface area contributed by atoms with Crippen LogP contribution in [0.2, 0.25) is 0 Å². The number of ether oxygens (including phenoxy) is 2. The Morgan fingerprint density at radius 2 is 1.32 bits per heavy atom. The Hall–Kier alpha value is -2.44. The Labute approximate surface area is 109 Å². The molecule has 1 rings (SSSR count). The lowest BCUT2D eigenvalue weighted by Crippen LogP contribution is -2.10. The highest BCUT2D eigenvalue weighted by Gasteiger charge is 2.28. The van der Waals surface area contributed by atoms with E-state index < -0.39 is 40.3 Å². The van der Waals surface area contributed by atoms with Crippen LogP contribution in [0.4, 0.5) is 0 Å². The minimum atomic E-state index is -1.01. The van der Waals surface area contributed by atoms with Gasteiger partial charge in [-0.1, -0.05) is 0 Å². The number of phenolic OH excluding ortho intramolecular Hbond substituents is 3. The second-order valence-electron chi connectivity index (χ2n) is 3.45. The Bertz CT molecular complexity index is 465. The van der Waals surface area contributed by atoms with E-state index >= 15 is 0 Å². The van der Waals surface area contributed by atoms with Crippen LogP contribution in [0, 0.1) is 0 Å². The minimum Gasteiger partial charge on any atom is -0.507 e. The largest absolute Gasteiger partial charge is 0.507 e. The van der Waals surface area contributed by atoms with E-state index in [-0.39, 0.29) is 13.2 Å². The lowest BCUT2D eigenvalue weighted by Gasteiger charge is -2.11. The van der Waals surface area contributed by atoms with Gasteiger partial charge in [0.15, 0.2) is 5.75 Å². The summed E-state index contributed by atoms with van der Waals surface area (Å²) in [5.41, 5.74) is -1.19. The summed E-state index contributed by atoms with van der Waals surface area (Å²) in [6.45, 7) is 3.12. The molecule has 0 bridgehead atoms. The van der Waals surface area contributed by atoms with Crippen LogP contribution < -0.4 is 0 Å². The van der Waals surface area contributed by atoms with Crippen LogP contribution >= 0.6 is 0 Å². The molecule has 1 aromatic carbocycles. The van der Waals surface area contributed by atoms with Gasteiger partial charge in [-0.15, -0.1) is 0 Å². The van der Waals surface area contributed by atoms with Gasteiger partial charge >= 0.3 is 11.9 Å². The first kappa shape index (κ1) is 14.6. The summed E-state index contributed by atoms with van der Waals surface area (Å²) >= 11 is 0. The first-order chi connectivity index (χ1) is 8.93. The van der Waals surface area contributed by atoms with Gasteiger partial charge in [-0.05, 0) is 13.8 Å². The lowest BCUT2D eigenvalue weighted by atomic mass is 10.1. The highest BCUT2D eigenvalue weighted by Crippen LogP contribution is 2.38. The van der Waals surface area contributed by atoms with E-state index in [4.69, 9.17) is 0 Å². The van der Waals surface area contributed by atoms with Crippen molar-refractivity contribution in [2.75, 3.05) is 13.2 Å². The molecule has 1 aromatic rings. The summed E-state index contributed by atoms with van der Waals surface area (Å²) in [6.07, 6.45) is 0. The Morgan fingerprint density at radius 1 is 0.947 bits per heavy atom. The maximum Gasteiger partial charge on any atom is 0.345 e. The monoisotopic (exact) mass is 270 g/mol. The standard InChI is InChI=1S/C12H14O7/c1-3-18-11(16)8-6(13)5-7(14)9(10(8)15)12(17)19-4-2/h5,13-15H,3-4H2,1-2H3. The summed E-state index contributed by atoms with van der Waals surface area (Å²) in [5, 5.41) is 28.9. The van der Waals surface area contributed by atoms with Crippen LogP contribution in [0.25, 0.3) is 0 Å². The van der Waals surface area contributed by atoms with E-state index in [1.54, 1.807) is 13.8 Å². The summed E-state index contributed by atoms with van der Waals surface area (Å²) in [5.74, 6) is -4.29. The molecule has 0 heterocycles. The maximum atomic E-state index is 11.6. The molecule has 7 heteroatoms. The smallest absolute Gasteiger partial charge is 0.345 e. The zero-order valence-electron chi connectivity index (χ0n) is 10.5. The molecule has 0 saturated heterocycles. The number of esters is 2. The fourth-order valence-electron chi connectivity index (χ4n) is 1.45. The first-order valence-corrected chi connectivity index (χ1v) is 5.56. The molecule has 19 heavy (non-hydrogen) atoms. The average molecular weight is 270 g/mol. The third kappa shape index (κ3) is 2.87. The van der Waals surface area contributed by atoms with E-state index in [0.29, 0.717) is 0 Å². The zero-order chi connectivity index (χ0) is 14.6. The molecule has 0 aromatic heterocycles. The number of carbonyl (C=O) groups excluding carboxylic acids is 2. The molecule has 0 aliphatic heterocycles. The first-order valence-electron chi connectivity index (χ1n) is 5.56. The van der Waals surface area contributed by atoms with Gasteiger partial charge in [-0.3, -0.25) is 0 Å². The van der Waals surface area contributed by atoms with E-state index in [9.17, 15) is 24.9 Å². The van der Waals surface area contributed by atoms with E-state index in [2.05, 4.69) is 9.47 Å². The molecule has 3 N–H and O–H groups in total. The molecular formula is C12H14O7. The van der Waals surface area contributed by atoms with Gasteiger partial charge < -0.3 is 24.8 Å². The normalized spacial score (nSPS) is 10.0. The van der Waals surface area contributed by atoms with Crippen LogP contribution in [-0.2, 0) is 9.47 Å². The van der Waals surface area contributed by atoms with Crippen molar-refractivity contribution >= 4 is 11.9 Å². The molecule has 104 valence electrons. The number of phenols is 3. The van der Waals surface area contributed by atoms with Gasteiger partial charge in [0.05, 0.1) is 13.2 Å². The minimum absolute atomic E-state index is 0.0212. The third-order valence-electron chi connectivity index (χ3n) is 2.22. The number of rotatable bonds is 4. The van der Waals surface area contributed by atoms with Crippen molar-refractivity contribution in [3.05, 3.63) is 17.2 Å². The molecule has 0 saturated carbocycles. The summed E-state index contributed by atoms with van der Waals surface area (Å²) in [4.78, 5) is 23.1. The molecule has 0 amide bonds. The highest BCUT2D eigenvalue weighted by atomic mass is 16.5. The zero-order valence-corrected chi connectivity index (χ0v) is 10.5. The number of hydrogen-bond acceptors (Lipinski definition) is 7. The second-order valence-corrected chi connectivity index (χ2v) is 3.45. The van der Waals surface area contributed by atoms with Gasteiger partial charge in [0.1, 0.15) is 22.6 Å². The molecule has 0 radical (unpaired) electrons. The van der Waals surface area contributed by atoms with Crippen molar-refractivity contribution < 1.29 is 34.4 Å².